The van der Waals surface area contributed by atoms with Gasteiger partial charge in [-0.25, -0.2) is 4.98 Å². The minimum absolute atomic E-state index is 0.960. The van der Waals surface area contributed by atoms with Gasteiger partial charge in [0.25, 0.3) is 0 Å². The highest BCUT2D eigenvalue weighted by atomic mass is 14.8. The average molecular weight is 607 g/mol. The molecule has 2 heteroatoms. The molecule has 0 radical (unpaired) electrons. The molecule has 2 nitrogen and oxygen atoms in total. The van der Waals surface area contributed by atoms with Gasteiger partial charge >= 0.3 is 0 Å². The maximum absolute atomic E-state index is 5.61. The lowest BCUT2D eigenvalue weighted by atomic mass is 9.90. The Bertz CT molecular complexity index is 3060. The van der Waals surface area contributed by atoms with Crippen LogP contribution >= 0.6 is 0 Å². The molecule has 11 aromatic rings. The SMILES string of the molecule is c1cc(-c2cc3ccc4cccc5ccc(c2)c3c45)cc(-c2nc3c4ccccc4c4ccccc4c3c3ncc4ccccc4c23)c1. The summed E-state index contributed by atoms with van der Waals surface area (Å²) in [5, 5.41) is 17.0. The van der Waals surface area contributed by atoms with Gasteiger partial charge in [-0.3, -0.25) is 4.98 Å². The van der Waals surface area contributed by atoms with Crippen molar-refractivity contribution in [2.75, 3.05) is 0 Å². The molecule has 0 aliphatic carbocycles. The topological polar surface area (TPSA) is 25.8 Å². The quantitative estimate of drug-likeness (QED) is 0.183. The molecule has 0 N–H and O–H groups in total. The molecule has 48 heavy (non-hydrogen) atoms. The van der Waals surface area contributed by atoms with Crippen LogP contribution in [0.5, 0.6) is 0 Å². The number of rotatable bonds is 2. The summed E-state index contributed by atoms with van der Waals surface area (Å²) in [5.41, 5.74) is 6.39. The van der Waals surface area contributed by atoms with E-state index in [2.05, 4.69) is 152 Å². The highest BCUT2D eigenvalue weighted by molar-refractivity contribution is 6.33. The first-order chi connectivity index (χ1) is 23.8. The monoisotopic (exact) mass is 606 g/mol. The van der Waals surface area contributed by atoms with Crippen LogP contribution in [0.3, 0.4) is 0 Å². The highest BCUT2D eigenvalue weighted by Crippen LogP contribution is 2.43. The number of nitrogens with zero attached hydrogens (tertiary/aromatic N) is 2. The van der Waals surface area contributed by atoms with Crippen molar-refractivity contribution in [2.45, 2.75) is 0 Å². The van der Waals surface area contributed by atoms with Crippen LogP contribution in [0.2, 0.25) is 0 Å². The number of fused-ring (bicyclic) bond motifs is 10. The van der Waals surface area contributed by atoms with Gasteiger partial charge in [0.15, 0.2) is 0 Å². The first kappa shape index (κ1) is 25.8. The summed E-state index contributed by atoms with van der Waals surface area (Å²) in [5.74, 6) is 0. The zero-order valence-electron chi connectivity index (χ0n) is 25.9. The van der Waals surface area contributed by atoms with E-state index >= 15 is 0 Å². The normalized spacial score (nSPS) is 12.2. The van der Waals surface area contributed by atoms with Gasteiger partial charge in [0.1, 0.15) is 0 Å². The summed E-state index contributed by atoms with van der Waals surface area (Å²) in [4.78, 5) is 10.8. The first-order valence-corrected chi connectivity index (χ1v) is 16.5. The molecule has 0 saturated heterocycles. The van der Waals surface area contributed by atoms with E-state index in [1.54, 1.807) is 0 Å². The fourth-order valence-corrected chi connectivity index (χ4v) is 8.21. The molecule has 2 heterocycles. The van der Waals surface area contributed by atoms with E-state index in [4.69, 9.17) is 9.97 Å². The molecule has 0 spiro atoms. The first-order valence-electron chi connectivity index (χ1n) is 16.5. The molecule has 0 atom stereocenters. The highest BCUT2D eigenvalue weighted by Gasteiger charge is 2.20. The van der Waals surface area contributed by atoms with E-state index < -0.39 is 0 Å². The largest absolute Gasteiger partial charge is 0.255 e. The van der Waals surface area contributed by atoms with E-state index in [0.29, 0.717) is 0 Å². The molecule has 0 amide bonds. The van der Waals surface area contributed by atoms with Gasteiger partial charge < -0.3 is 0 Å². The van der Waals surface area contributed by atoms with E-state index in [9.17, 15) is 0 Å². The Labute approximate surface area is 275 Å². The van der Waals surface area contributed by atoms with Gasteiger partial charge in [0.2, 0.25) is 0 Å². The Morgan fingerprint density at radius 2 is 0.875 bits per heavy atom. The van der Waals surface area contributed by atoms with E-state index in [1.165, 1.54) is 59.6 Å². The van der Waals surface area contributed by atoms with Crippen molar-refractivity contribution >= 4 is 86.4 Å². The second-order valence-corrected chi connectivity index (χ2v) is 12.9. The van der Waals surface area contributed by atoms with Crippen LogP contribution in [0.15, 0.2) is 158 Å². The molecular formula is C46H26N2. The van der Waals surface area contributed by atoms with Crippen LogP contribution < -0.4 is 0 Å². The van der Waals surface area contributed by atoms with Crippen LogP contribution in [0, 0.1) is 0 Å². The third-order valence-corrected chi connectivity index (χ3v) is 10.3. The van der Waals surface area contributed by atoms with Crippen molar-refractivity contribution < 1.29 is 0 Å². The summed E-state index contributed by atoms with van der Waals surface area (Å²) in [6.07, 6.45) is 2.02. The summed E-state index contributed by atoms with van der Waals surface area (Å²) in [6.45, 7) is 0. The number of aromatic nitrogens is 2. The number of hydrogen-bond acceptors (Lipinski definition) is 2. The predicted octanol–water partition coefficient (Wildman–Crippen LogP) is 12.5. The van der Waals surface area contributed by atoms with Gasteiger partial charge in [0.05, 0.1) is 16.7 Å². The Morgan fingerprint density at radius 1 is 0.312 bits per heavy atom. The van der Waals surface area contributed by atoms with Crippen molar-refractivity contribution in [3.05, 3.63) is 158 Å². The van der Waals surface area contributed by atoms with Crippen LogP contribution in [0.4, 0.5) is 0 Å². The number of pyridine rings is 2. The smallest absolute Gasteiger partial charge is 0.0830 e. The molecule has 0 unspecified atom stereocenters. The second kappa shape index (κ2) is 9.57. The second-order valence-electron chi connectivity index (χ2n) is 12.9. The van der Waals surface area contributed by atoms with Crippen LogP contribution in [-0.4, -0.2) is 9.97 Å². The Kier molecular flexibility index (Phi) is 5.14. The maximum Gasteiger partial charge on any atom is 0.0830 e. The summed E-state index contributed by atoms with van der Waals surface area (Å²) in [6, 6.07) is 55.1. The minimum Gasteiger partial charge on any atom is -0.255 e. The third kappa shape index (κ3) is 3.52. The molecule has 0 aliphatic rings. The third-order valence-electron chi connectivity index (χ3n) is 10.3. The lowest BCUT2D eigenvalue weighted by Crippen LogP contribution is -1.95. The molecule has 220 valence electrons. The molecule has 9 aromatic carbocycles. The van der Waals surface area contributed by atoms with Gasteiger partial charge in [-0.2, -0.15) is 0 Å². The minimum atomic E-state index is 0.960. The molecule has 2 aromatic heterocycles. The fraction of sp³-hybridized carbons (Fsp3) is 0. The summed E-state index contributed by atoms with van der Waals surface area (Å²) in [7, 11) is 0. The number of hydrogen-bond donors (Lipinski definition) is 0. The van der Waals surface area contributed by atoms with Gasteiger partial charge in [-0.15, -0.1) is 0 Å². The zero-order chi connectivity index (χ0) is 31.3. The summed E-state index contributed by atoms with van der Waals surface area (Å²) >= 11 is 0. The van der Waals surface area contributed by atoms with E-state index in [1.807, 2.05) is 6.20 Å². The molecule has 0 fully saturated rings. The molecule has 0 saturated carbocycles. The Balaban J connectivity index is 1.23. The van der Waals surface area contributed by atoms with Crippen molar-refractivity contribution in [2.24, 2.45) is 0 Å². The van der Waals surface area contributed by atoms with Crippen LogP contribution in [-0.2, 0) is 0 Å². The lowest BCUT2D eigenvalue weighted by Gasteiger charge is -2.17. The predicted molar refractivity (Wildman–Crippen MR) is 204 cm³/mol. The van der Waals surface area contributed by atoms with Gasteiger partial charge in [-0.05, 0) is 83.2 Å². The molecular weight excluding hydrogens is 581 g/mol. The zero-order valence-corrected chi connectivity index (χ0v) is 25.9. The van der Waals surface area contributed by atoms with E-state index in [-0.39, 0.29) is 0 Å². The maximum atomic E-state index is 5.61. The summed E-state index contributed by atoms with van der Waals surface area (Å²) < 4.78 is 0. The number of benzene rings is 9. The standard InChI is InChI=1S/C46H26N2/c1-2-14-35-33(9-1)26-47-46-42(35)44(48-45-39-18-6-4-16-37(39)36-15-3-5-17-38(36)43(45)46)32-13-8-12-29(23-32)34-24-30-21-19-27-10-7-11-28-20-22-31(25-34)41(30)40(27)28/h1-26H. The van der Waals surface area contributed by atoms with Crippen LogP contribution in [0.1, 0.15) is 0 Å². The van der Waals surface area contributed by atoms with Gasteiger partial charge in [0, 0.05) is 33.3 Å². The molecule has 0 bridgehead atoms. The van der Waals surface area contributed by atoms with E-state index in [0.717, 1.165) is 49.2 Å². The molecule has 0 aliphatic heterocycles. The van der Waals surface area contributed by atoms with Crippen molar-refractivity contribution in [1.29, 1.82) is 0 Å². The lowest BCUT2D eigenvalue weighted by molar-refractivity contribution is 1.41. The van der Waals surface area contributed by atoms with Crippen molar-refractivity contribution in [3.8, 4) is 22.4 Å². The van der Waals surface area contributed by atoms with Gasteiger partial charge in [-0.1, -0.05) is 133 Å². The fourth-order valence-electron chi connectivity index (χ4n) is 8.21. The van der Waals surface area contributed by atoms with Crippen LogP contribution in [0.25, 0.3) is 109 Å². The average Bonchev–Trinajstić information content (AvgIpc) is 3.16. The van der Waals surface area contributed by atoms with Crippen molar-refractivity contribution in [3.63, 3.8) is 0 Å². The van der Waals surface area contributed by atoms with Crippen molar-refractivity contribution in [1.82, 2.24) is 9.97 Å². The Morgan fingerprint density at radius 3 is 1.65 bits per heavy atom. The molecule has 11 rings (SSSR count). The Hall–Kier alpha value is -6.38.